The first-order valence-electron chi connectivity index (χ1n) is 7.20. The van der Waals surface area contributed by atoms with Crippen molar-refractivity contribution in [3.63, 3.8) is 0 Å². The van der Waals surface area contributed by atoms with Crippen molar-refractivity contribution >= 4 is 29.3 Å². The number of carbonyl (C=O) groups is 2. The first-order valence-corrected chi connectivity index (χ1v) is 7.58. The van der Waals surface area contributed by atoms with E-state index in [0.29, 0.717) is 36.0 Å². The molecule has 0 saturated carbocycles. The highest BCUT2D eigenvalue weighted by atomic mass is 35.5. The molecular weight excluding hydrogens is 316 g/mol. The summed E-state index contributed by atoms with van der Waals surface area (Å²) >= 11 is 6.03. The number of nitrogens with zero attached hydrogens (tertiary/aromatic N) is 1. The number of hydrogen-bond acceptors (Lipinski definition) is 3. The van der Waals surface area contributed by atoms with Crippen molar-refractivity contribution in [1.82, 2.24) is 4.90 Å². The predicted octanol–water partition coefficient (Wildman–Crippen LogP) is 3.54. The van der Waals surface area contributed by atoms with Crippen molar-refractivity contribution in [1.29, 1.82) is 0 Å². The summed E-state index contributed by atoms with van der Waals surface area (Å²) in [5.41, 5.74) is 1.99. The number of amides is 2. The fraction of sp³-hybridized carbons (Fsp3) is 0.176. The summed E-state index contributed by atoms with van der Waals surface area (Å²) in [4.78, 5) is 25.4. The average molecular weight is 331 g/mol. The van der Waals surface area contributed by atoms with Crippen molar-refractivity contribution in [3.8, 4) is 0 Å². The van der Waals surface area contributed by atoms with Crippen LogP contribution in [0.1, 0.15) is 15.9 Å². The van der Waals surface area contributed by atoms with Crippen LogP contribution >= 0.6 is 11.6 Å². The summed E-state index contributed by atoms with van der Waals surface area (Å²) in [6.45, 7) is 1.45. The summed E-state index contributed by atoms with van der Waals surface area (Å²) < 4.78 is 4.91. The molecule has 1 heterocycles. The smallest absolute Gasteiger partial charge is 0.410 e. The monoisotopic (exact) mass is 330 g/mol. The van der Waals surface area contributed by atoms with Crippen molar-refractivity contribution in [2.75, 3.05) is 18.5 Å². The van der Waals surface area contributed by atoms with Gasteiger partial charge in [-0.1, -0.05) is 35.9 Å². The molecule has 2 amide bonds. The molecule has 1 fully saturated rings. The van der Waals surface area contributed by atoms with E-state index in [9.17, 15) is 9.59 Å². The highest BCUT2D eigenvalue weighted by Crippen LogP contribution is 2.19. The molecule has 6 heteroatoms. The topological polar surface area (TPSA) is 58.6 Å². The highest BCUT2D eigenvalue weighted by Gasteiger charge is 2.21. The number of hydrogen-bond donors (Lipinski definition) is 1. The van der Waals surface area contributed by atoms with Gasteiger partial charge in [0, 0.05) is 12.2 Å². The molecule has 1 N–H and O–H groups in total. The van der Waals surface area contributed by atoms with Crippen LogP contribution in [0.4, 0.5) is 10.5 Å². The van der Waals surface area contributed by atoms with Gasteiger partial charge in [0.15, 0.2) is 0 Å². The molecular formula is C17H15ClN2O3. The molecule has 1 aliphatic heterocycles. The summed E-state index contributed by atoms with van der Waals surface area (Å²) in [7, 11) is 0. The van der Waals surface area contributed by atoms with E-state index in [-0.39, 0.29) is 12.0 Å². The zero-order valence-electron chi connectivity index (χ0n) is 12.3. The lowest BCUT2D eigenvalue weighted by Crippen LogP contribution is -2.23. The lowest BCUT2D eigenvalue weighted by Gasteiger charge is -2.13. The van der Waals surface area contributed by atoms with Crippen molar-refractivity contribution in [2.45, 2.75) is 6.54 Å². The van der Waals surface area contributed by atoms with Gasteiger partial charge in [-0.25, -0.2) is 4.79 Å². The molecule has 0 atom stereocenters. The molecule has 0 radical (unpaired) electrons. The van der Waals surface area contributed by atoms with Gasteiger partial charge >= 0.3 is 6.09 Å². The Hall–Kier alpha value is -2.53. The third-order valence-corrected chi connectivity index (χ3v) is 3.85. The van der Waals surface area contributed by atoms with E-state index < -0.39 is 0 Å². The lowest BCUT2D eigenvalue weighted by molar-refractivity contribution is 0.102. The molecule has 1 saturated heterocycles. The van der Waals surface area contributed by atoms with Crippen molar-refractivity contribution in [2.24, 2.45) is 0 Å². The Balaban J connectivity index is 1.71. The minimum atomic E-state index is -0.310. The maximum absolute atomic E-state index is 12.3. The first-order chi connectivity index (χ1) is 11.1. The van der Waals surface area contributed by atoms with E-state index in [0.717, 1.165) is 5.56 Å². The van der Waals surface area contributed by atoms with Gasteiger partial charge in [0.05, 0.1) is 17.1 Å². The van der Waals surface area contributed by atoms with E-state index in [1.165, 1.54) is 0 Å². The Morgan fingerprint density at radius 3 is 2.78 bits per heavy atom. The van der Waals surface area contributed by atoms with Crippen LogP contribution in [0.25, 0.3) is 0 Å². The van der Waals surface area contributed by atoms with Crippen molar-refractivity contribution in [3.05, 3.63) is 64.7 Å². The van der Waals surface area contributed by atoms with Crippen LogP contribution in [0.5, 0.6) is 0 Å². The van der Waals surface area contributed by atoms with Crippen LogP contribution < -0.4 is 5.32 Å². The molecule has 5 nitrogen and oxygen atoms in total. The zero-order chi connectivity index (χ0) is 16.2. The zero-order valence-corrected chi connectivity index (χ0v) is 13.0. The largest absolute Gasteiger partial charge is 0.448 e. The fourth-order valence-electron chi connectivity index (χ4n) is 2.38. The Morgan fingerprint density at radius 1 is 1.22 bits per heavy atom. The number of anilines is 1. The number of benzene rings is 2. The Kier molecular flexibility index (Phi) is 4.48. The number of ether oxygens (including phenoxy) is 1. The molecule has 0 unspecified atom stereocenters. The van der Waals surface area contributed by atoms with Gasteiger partial charge in [-0.2, -0.15) is 0 Å². The van der Waals surface area contributed by atoms with E-state index in [4.69, 9.17) is 16.3 Å². The Labute approximate surface area is 138 Å². The Morgan fingerprint density at radius 2 is 2.04 bits per heavy atom. The molecule has 2 aromatic carbocycles. The van der Waals surface area contributed by atoms with Crippen LogP contribution in [-0.2, 0) is 11.3 Å². The summed E-state index contributed by atoms with van der Waals surface area (Å²) in [6, 6.07) is 14.2. The molecule has 0 spiro atoms. The maximum Gasteiger partial charge on any atom is 0.410 e. The SMILES string of the molecule is O=C(Nc1cccc(CN2CCOC2=O)c1)c1ccccc1Cl. The second kappa shape index (κ2) is 6.71. The Bertz CT molecular complexity index is 748. The minimum Gasteiger partial charge on any atom is -0.448 e. The van der Waals surface area contributed by atoms with Gasteiger partial charge in [-0.05, 0) is 29.8 Å². The number of carbonyl (C=O) groups excluding carboxylic acids is 2. The van der Waals surface area contributed by atoms with Crippen LogP contribution in [0.2, 0.25) is 5.02 Å². The lowest BCUT2D eigenvalue weighted by atomic mass is 10.1. The average Bonchev–Trinajstić information content (AvgIpc) is 2.93. The molecule has 0 aromatic heterocycles. The van der Waals surface area contributed by atoms with E-state index >= 15 is 0 Å². The molecule has 0 bridgehead atoms. The number of cyclic esters (lactones) is 1. The fourth-order valence-corrected chi connectivity index (χ4v) is 2.60. The summed E-state index contributed by atoms with van der Waals surface area (Å²) in [6.07, 6.45) is -0.310. The maximum atomic E-state index is 12.3. The van der Waals surface area contributed by atoms with Gasteiger partial charge in [0.1, 0.15) is 6.61 Å². The second-order valence-electron chi connectivity index (χ2n) is 5.17. The van der Waals surface area contributed by atoms with Crippen LogP contribution in [0, 0.1) is 0 Å². The van der Waals surface area contributed by atoms with Crippen molar-refractivity contribution < 1.29 is 14.3 Å². The normalized spacial score (nSPS) is 13.8. The highest BCUT2D eigenvalue weighted by molar-refractivity contribution is 6.34. The molecule has 3 rings (SSSR count). The van der Waals surface area contributed by atoms with E-state index in [1.54, 1.807) is 35.2 Å². The third-order valence-electron chi connectivity index (χ3n) is 3.52. The second-order valence-corrected chi connectivity index (χ2v) is 5.58. The molecule has 0 aliphatic carbocycles. The van der Waals surface area contributed by atoms with Gasteiger partial charge in [0.25, 0.3) is 5.91 Å². The summed E-state index contributed by atoms with van der Waals surface area (Å²) in [5, 5.41) is 3.22. The third kappa shape index (κ3) is 3.63. The van der Waals surface area contributed by atoms with Crippen LogP contribution in [-0.4, -0.2) is 30.1 Å². The van der Waals surface area contributed by atoms with E-state index in [2.05, 4.69) is 5.32 Å². The van der Waals surface area contributed by atoms with Crippen LogP contribution in [0.15, 0.2) is 48.5 Å². The number of rotatable bonds is 4. The van der Waals surface area contributed by atoms with Gasteiger partial charge in [-0.15, -0.1) is 0 Å². The van der Waals surface area contributed by atoms with Gasteiger partial charge in [0.2, 0.25) is 0 Å². The summed E-state index contributed by atoms with van der Waals surface area (Å²) in [5.74, 6) is -0.270. The predicted molar refractivity (Wildman–Crippen MR) is 87.6 cm³/mol. The standard InChI is InChI=1S/C17H15ClN2O3/c18-15-7-2-1-6-14(15)16(21)19-13-5-3-4-12(10-13)11-20-8-9-23-17(20)22/h1-7,10H,8-9,11H2,(H,19,21). The first kappa shape index (κ1) is 15.4. The van der Waals surface area contributed by atoms with Gasteiger partial charge < -0.3 is 15.0 Å². The van der Waals surface area contributed by atoms with Gasteiger partial charge in [-0.3, -0.25) is 4.79 Å². The van der Waals surface area contributed by atoms with E-state index in [1.807, 2.05) is 18.2 Å². The quantitative estimate of drug-likeness (QED) is 0.932. The number of halogens is 1. The molecule has 1 aliphatic rings. The van der Waals surface area contributed by atoms with Crippen LogP contribution in [0.3, 0.4) is 0 Å². The minimum absolute atomic E-state index is 0.270. The molecule has 23 heavy (non-hydrogen) atoms. The molecule has 2 aromatic rings. The number of nitrogens with one attached hydrogen (secondary N) is 1. The molecule has 118 valence electrons.